The summed E-state index contributed by atoms with van der Waals surface area (Å²) in [7, 11) is 0. The zero-order chi connectivity index (χ0) is 41.9. The van der Waals surface area contributed by atoms with Gasteiger partial charge in [0.2, 0.25) is 0 Å². The molecule has 10 aromatic rings. The van der Waals surface area contributed by atoms with Crippen LogP contribution in [0.5, 0.6) is 0 Å². The minimum atomic E-state index is 0.379. The van der Waals surface area contributed by atoms with Gasteiger partial charge in [-0.2, -0.15) is 0 Å². The molecule has 4 aliphatic rings. The fraction of sp³-hybridized carbons (Fsp3) is 0.0952. The highest BCUT2D eigenvalue weighted by Crippen LogP contribution is 2.63. The van der Waals surface area contributed by atoms with Gasteiger partial charge in [-0.05, 0) is 170 Å². The van der Waals surface area contributed by atoms with Gasteiger partial charge in [0, 0.05) is 18.3 Å². The summed E-state index contributed by atoms with van der Waals surface area (Å²) in [5.41, 5.74) is 21.5. The molecule has 0 spiro atoms. The van der Waals surface area contributed by atoms with Crippen molar-refractivity contribution in [2.75, 3.05) is 0 Å². The van der Waals surface area contributed by atoms with Gasteiger partial charge in [0.25, 0.3) is 0 Å². The quantitative estimate of drug-likeness (QED) is 0.169. The zero-order valence-corrected chi connectivity index (χ0v) is 35.4. The number of hydrogen-bond acceptors (Lipinski definition) is 1. The summed E-state index contributed by atoms with van der Waals surface area (Å²) in [6.07, 6.45) is 13.6. The van der Waals surface area contributed by atoms with E-state index in [1.165, 1.54) is 129 Å². The van der Waals surface area contributed by atoms with Crippen LogP contribution in [0.2, 0.25) is 0 Å². The number of rotatable bonds is 5. The number of allylic oxidation sites excluding steroid dienone is 4. The van der Waals surface area contributed by atoms with Crippen LogP contribution >= 0.6 is 0 Å². The number of benzene rings is 9. The van der Waals surface area contributed by atoms with E-state index in [9.17, 15) is 0 Å². The third kappa shape index (κ3) is 5.16. The summed E-state index contributed by atoms with van der Waals surface area (Å²) >= 11 is 0. The Bertz CT molecular complexity index is 3520. The van der Waals surface area contributed by atoms with Crippen molar-refractivity contribution in [2.45, 2.75) is 24.7 Å². The van der Waals surface area contributed by atoms with Crippen LogP contribution in [0.25, 0.3) is 105 Å². The van der Waals surface area contributed by atoms with Gasteiger partial charge in [-0.25, -0.2) is 0 Å². The highest BCUT2D eigenvalue weighted by Gasteiger charge is 2.49. The molecule has 0 aliphatic heterocycles. The zero-order valence-electron chi connectivity index (χ0n) is 35.4. The molecule has 300 valence electrons. The van der Waals surface area contributed by atoms with Crippen molar-refractivity contribution >= 4 is 37.9 Å². The van der Waals surface area contributed by atoms with Gasteiger partial charge in [0.05, 0.1) is 0 Å². The lowest BCUT2D eigenvalue weighted by Crippen LogP contribution is -2.40. The largest absolute Gasteiger partial charge is 0.264 e. The van der Waals surface area contributed by atoms with Crippen LogP contribution in [0.4, 0.5) is 0 Å². The lowest BCUT2D eigenvalue weighted by Gasteiger charge is -2.52. The van der Waals surface area contributed by atoms with E-state index in [4.69, 9.17) is 0 Å². The fourth-order valence-corrected chi connectivity index (χ4v) is 12.6. The molecule has 1 nitrogen and oxygen atoms in total. The fourth-order valence-electron chi connectivity index (χ4n) is 12.6. The summed E-state index contributed by atoms with van der Waals surface area (Å²) in [6, 6.07) is 68.6. The van der Waals surface area contributed by atoms with Gasteiger partial charge in [-0.15, -0.1) is 0 Å². The first-order chi connectivity index (χ1) is 31.8. The Morgan fingerprint density at radius 2 is 1.06 bits per heavy atom. The molecule has 4 atom stereocenters. The van der Waals surface area contributed by atoms with Crippen molar-refractivity contribution in [3.8, 4) is 66.8 Å². The third-order valence-corrected chi connectivity index (χ3v) is 15.4. The molecule has 4 aliphatic carbocycles. The second-order valence-electron chi connectivity index (χ2n) is 18.4. The Labute approximate surface area is 373 Å². The lowest BCUT2D eigenvalue weighted by molar-refractivity contribution is 0.170. The predicted octanol–water partition coefficient (Wildman–Crippen LogP) is 16.7. The monoisotopic (exact) mass is 813 g/mol. The molecular weight excluding hydrogens is 771 g/mol. The molecule has 14 rings (SSSR count). The van der Waals surface area contributed by atoms with Gasteiger partial charge in [0.1, 0.15) is 0 Å². The van der Waals surface area contributed by atoms with Crippen molar-refractivity contribution in [1.82, 2.24) is 4.98 Å². The van der Waals surface area contributed by atoms with Gasteiger partial charge in [0.15, 0.2) is 0 Å². The molecule has 0 bridgehead atoms. The van der Waals surface area contributed by atoms with E-state index in [-0.39, 0.29) is 0 Å². The van der Waals surface area contributed by atoms with Crippen LogP contribution in [0, 0.1) is 11.8 Å². The molecule has 1 heterocycles. The van der Waals surface area contributed by atoms with Gasteiger partial charge in [-0.1, -0.05) is 182 Å². The third-order valence-electron chi connectivity index (χ3n) is 15.4. The van der Waals surface area contributed by atoms with E-state index in [1.807, 2.05) is 6.20 Å². The molecule has 0 radical (unpaired) electrons. The summed E-state index contributed by atoms with van der Waals surface area (Å²) < 4.78 is 0. The Balaban J connectivity index is 0.917. The van der Waals surface area contributed by atoms with Crippen LogP contribution in [0.1, 0.15) is 41.4 Å². The molecule has 0 N–H and O–H groups in total. The average molecular weight is 814 g/mol. The predicted molar refractivity (Wildman–Crippen MR) is 268 cm³/mol. The molecule has 1 heteroatoms. The molecule has 1 fully saturated rings. The van der Waals surface area contributed by atoms with E-state index in [1.54, 1.807) is 5.56 Å². The minimum Gasteiger partial charge on any atom is -0.264 e. The Kier molecular flexibility index (Phi) is 7.83. The molecule has 64 heavy (non-hydrogen) atoms. The first-order valence-electron chi connectivity index (χ1n) is 23.0. The maximum absolute atomic E-state index is 4.51. The van der Waals surface area contributed by atoms with Gasteiger partial charge in [-0.3, -0.25) is 4.98 Å². The Morgan fingerprint density at radius 3 is 1.75 bits per heavy atom. The van der Waals surface area contributed by atoms with Crippen molar-refractivity contribution in [3.63, 3.8) is 0 Å². The first kappa shape index (κ1) is 35.9. The SMILES string of the molecule is C1=CC2c3cccc(-c4ccc5ccc(-c6ccc7c8c(cccc68)-c6c-7c(-c7ccccc7)c7ccccc7c6-c6ccccc6)cc5c4)c3[C@H]3CCC3C2C(c2cccnc2)=C1. The van der Waals surface area contributed by atoms with E-state index in [2.05, 4.69) is 211 Å². The summed E-state index contributed by atoms with van der Waals surface area (Å²) in [4.78, 5) is 4.51. The van der Waals surface area contributed by atoms with E-state index in [0.29, 0.717) is 23.7 Å². The molecule has 0 saturated heterocycles. The van der Waals surface area contributed by atoms with Crippen LogP contribution in [0.15, 0.2) is 213 Å². The van der Waals surface area contributed by atoms with E-state index >= 15 is 0 Å². The smallest absolute Gasteiger partial charge is 0.0343 e. The first-order valence-corrected chi connectivity index (χ1v) is 23.0. The van der Waals surface area contributed by atoms with E-state index in [0.717, 1.165) is 0 Å². The second-order valence-corrected chi connectivity index (χ2v) is 18.4. The minimum absolute atomic E-state index is 0.379. The second kappa shape index (κ2) is 13.9. The summed E-state index contributed by atoms with van der Waals surface area (Å²) in [5.74, 6) is 2.09. The number of nitrogens with zero attached hydrogens (tertiary/aromatic N) is 1. The highest BCUT2D eigenvalue weighted by atomic mass is 14.6. The molecular formula is C63H43N. The van der Waals surface area contributed by atoms with Crippen LogP contribution in [-0.4, -0.2) is 4.98 Å². The van der Waals surface area contributed by atoms with Crippen molar-refractivity contribution < 1.29 is 0 Å². The average Bonchev–Trinajstić information content (AvgIpc) is 3.68. The molecule has 1 saturated carbocycles. The van der Waals surface area contributed by atoms with Crippen LogP contribution in [-0.2, 0) is 0 Å². The summed E-state index contributed by atoms with van der Waals surface area (Å²) in [6.45, 7) is 0. The Hall–Kier alpha value is -7.61. The molecule has 1 aromatic heterocycles. The number of aromatic nitrogens is 1. The van der Waals surface area contributed by atoms with Crippen LogP contribution in [0.3, 0.4) is 0 Å². The normalized spacial score (nSPS) is 18.8. The highest BCUT2D eigenvalue weighted by molar-refractivity contribution is 6.28. The lowest BCUT2D eigenvalue weighted by atomic mass is 9.51. The number of pyridine rings is 1. The van der Waals surface area contributed by atoms with Gasteiger partial charge < -0.3 is 0 Å². The molecule has 3 unspecified atom stereocenters. The van der Waals surface area contributed by atoms with Crippen molar-refractivity contribution in [1.29, 1.82) is 0 Å². The maximum Gasteiger partial charge on any atom is 0.0343 e. The van der Waals surface area contributed by atoms with Crippen molar-refractivity contribution in [2.24, 2.45) is 11.8 Å². The van der Waals surface area contributed by atoms with Crippen molar-refractivity contribution in [3.05, 3.63) is 229 Å². The van der Waals surface area contributed by atoms with Gasteiger partial charge >= 0.3 is 0 Å². The standard InChI is InChI=1S/C63H43N/c1-3-13-39(14-4-1)57-49-18-7-8-19-50(49)58(40-15-5-2-6-16-40)63-56-33-30-45(48-22-11-25-55(61(48)56)62(57)63)41-28-26-38-27-29-42(36-44(38)35-41)46-20-9-23-51-52-24-10-21-47(43-17-12-34-64-37-43)60(52)54-32-31-53(54)59(46)51/h1-30,33-37,52-54,60H,31-32H2/t52?,53-,54?,60?/m0/s1. The summed E-state index contributed by atoms with van der Waals surface area (Å²) in [5, 5.41) is 7.76. The van der Waals surface area contributed by atoms with E-state index < -0.39 is 0 Å². The number of hydrogen-bond donors (Lipinski definition) is 0. The molecule has 0 amide bonds. The topological polar surface area (TPSA) is 12.9 Å². The number of fused-ring (bicyclic) bond motifs is 11. The van der Waals surface area contributed by atoms with Crippen LogP contribution < -0.4 is 0 Å². The Morgan fingerprint density at radius 1 is 0.438 bits per heavy atom. The molecule has 9 aromatic carbocycles. The maximum atomic E-state index is 4.51.